The molecule has 146 valence electrons. The highest BCUT2D eigenvalue weighted by Gasteiger charge is 2.34. The lowest BCUT2D eigenvalue weighted by Crippen LogP contribution is -2.44. The lowest BCUT2D eigenvalue weighted by Gasteiger charge is -2.14. The van der Waals surface area contributed by atoms with E-state index in [1.807, 2.05) is 26.0 Å². The molecule has 0 spiro atoms. The molecule has 0 unspecified atom stereocenters. The van der Waals surface area contributed by atoms with Crippen molar-refractivity contribution >= 4 is 57.5 Å². The number of amides is 2. The number of carbonyl (C=O) groups is 2. The average molecular weight is 435 g/mol. The molecule has 1 saturated heterocycles. The van der Waals surface area contributed by atoms with Gasteiger partial charge in [-0.05, 0) is 55.7 Å². The number of nitrogens with one attached hydrogen (secondary N) is 1. The number of rotatable bonds is 7. The highest BCUT2D eigenvalue weighted by Crippen LogP contribution is 2.34. The number of ether oxygens (including phenoxy) is 2. The van der Waals surface area contributed by atoms with Crippen LogP contribution in [0.3, 0.4) is 0 Å². The second kappa shape index (κ2) is 9.22. The molecule has 1 aliphatic heterocycles. The standard InChI is InChI=1S/C19H18N2O4S3/c1-3-24-13-8-7-12(14(11-13)25-4-2)10-16-18(23)21(19(26)28-16)20-17(22)15-6-5-9-27-15/h5-11H,3-4H2,1-2H3,(H,20,22)/b16-10+. The number of nitrogens with zero attached hydrogens (tertiary/aromatic N) is 1. The molecule has 1 aliphatic rings. The van der Waals surface area contributed by atoms with Gasteiger partial charge in [0, 0.05) is 11.6 Å². The van der Waals surface area contributed by atoms with Gasteiger partial charge in [-0.25, -0.2) is 0 Å². The van der Waals surface area contributed by atoms with Crippen LogP contribution in [0.5, 0.6) is 11.5 Å². The second-order valence-electron chi connectivity index (χ2n) is 5.50. The summed E-state index contributed by atoms with van der Waals surface area (Å²) in [5.74, 6) is 0.556. The fourth-order valence-electron chi connectivity index (χ4n) is 2.44. The highest BCUT2D eigenvalue weighted by molar-refractivity contribution is 8.26. The van der Waals surface area contributed by atoms with Gasteiger partial charge >= 0.3 is 0 Å². The van der Waals surface area contributed by atoms with Gasteiger partial charge < -0.3 is 9.47 Å². The number of thiophene rings is 1. The summed E-state index contributed by atoms with van der Waals surface area (Å²) in [6, 6.07) is 8.88. The van der Waals surface area contributed by atoms with E-state index < -0.39 is 0 Å². The van der Waals surface area contributed by atoms with Gasteiger partial charge in [-0.1, -0.05) is 17.8 Å². The minimum absolute atomic E-state index is 0.269. The molecule has 0 saturated carbocycles. The number of carbonyl (C=O) groups excluding carboxylic acids is 2. The first-order valence-electron chi connectivity index (χ1n) is 8.55. The molecule has 3 rings (SSSR count). The van der Waals surface area contributed by atoms with Gasteiger partial charge in [-0.15, -0.1) is 11.3 Å². The Morgan fingerprint density at radius 2 is 2.04 bits per heavy atom. The summed E-state index contributed by atoms with van der Waals surface area (Å²) in [7, 11) is 0. The molecule has 2 heterocycles. The number of benzene rings is 1. The molecule has 28 heavy (non-hydrogen) atoms. The van der Waals surface area contributed by atoms with Crippen LogP contribution in [0.2, 0.25) is 0 Å². The summed E-state index contributed by atoms with van der Waals surface area (Å²) < 4.78 is 11.4. The topological polar surface area (TPSA) is 67.9 Å². The molecule has 0 atom stereocenters. The Kier molecular flexibility index (Phi) is 6.71. The monoisotopic (exact) mass is 434 g/mol. The van der Waals surface area contributed by atoms with Crippen molar-refractivity contribution in [3.05, 3.63) is 51.1 Å². The number of hydrogen-bond donors (Lipinski definition) is 1. The SMILES string of the molecule is CCOc1ccc(/C=C2/SC(=S)N(NC(=O)c3cccs3)C2=O)c(OCC)c1. The van der Waals surface area contributed by atoms with Gasteiger partial charge in [0.15, 0.2) is 4.32 Å². The van der Waals surface area contributed by atoms with Gasteiger partial charge in [0.2, 0.25) is 0 Å². The van der Waals surface area contributed by atoms with E-state index in [1.54, 1.807) is 29.7 Å². The molecule has 6 nitrogen and oxygen atoms in total. The lowest BCUT2D eigenvalue weighted by molar-refractivity contribution is -0.123. The Labute approximate surface area is 176 Å². The Morgan fingerprint density at radius 3 is 2.71 bits per heavy atom. The fraction of sp³-hybridized carbons (Fsp3) is 0.211. The third-order valence-corrected chi connectivity index (χ3v) is 5.81. The normalized spacial score (nSPS) is 15.2. The Balaban J connectivity index is 1.82. The van der Waals surface area contributed by atoms with Gasteiger partial charge in [0.05, 0.1) is 23.0 Å². The Bertz CT molecular complexity index is 925. The van der Waals surface area contributed by atoms with Crippen molar-refractivity contribution in [3.8, 4) is 11.5 Å². The van der Waals surface area contributed by atoms with Crippen LogP contribution in [0.4, 0.5) is 0 Å². The molecule has 0 aliphatic carbocycles. The van der Waals surface area contributed by atoms with Crippen LogP contribution in [0.1, 0.15) is 29.1 Å². The first-order chi connectivity index (χ1) is 13.5. The van der Waals surface area contributed by atoms with Crippen molar-refractivity contribution in [1.29, 1.82) is 0 Å². The van der Waals surface area contributed by atoms with Gasteiger partial charge in [-0.2, -0.15) is 5.01 Å². The first kappa shape index (κ1) is 20.4. The smallest absolute Gasteiger partial charge is 0.285 e. The van der Waals surface area contributed by atoms with Crippen molar-refractivity contribution in [2.24, 2.45) is 0 Å². The van der Waals surface area contributed by atoms with Crippen LogP contribution in [0.15, 0.2) is 40.6 Å². The average Bonchev–Trinajstić information content (AvgIpc) is 3.29. The molecule has 1 fully saturated rings. The lowest BCUT2D eigenvalue weighted by atomic mass is 10.1. The molecular weight excluding hydrogens is 416 g/mol. The summed E-state index contributed by atoms with van der Waals surface area (Å²) in [5, 5.41) is 2.89. The third-order valence-electron chi connectivity index (χ3n) is 3.63. The Morgan fingerprint density at radius 1 is 1.25 bits per heavy atom. The molecule has 1 aromatic carbocycles. The zero-order chi connectivity index (χ0) is 20.1. The maximum Gasteiger partial charge on any atom is 0.285 e. The fourth-order valence-corrected chi connectivity index (χ4v) is 4.22. The minimum atomic E-state index is -0.378. The van der Waals surface area contributed by atoms with Crippen LogP contribution in [0, 0.1) is 0 Å². The number of thioether (sulfide) groups is 1. The molecule has 0 radical (unpaired) electrons. The third kappa shape index (κ3) is 4.54. The van der Waals surface area contributed by atoms with E-state index in [0.29, 0.717) is 34.5 Å². The maximum absolute atomic E-state index is 12.7. The van der Waals surface area contributed by atoms with Gasteiger partial charge in [-0.3, -0.25) is 15.0 Å². The highest BCUT2D eigenvalue weighted by atomic mass is 32.2. The predicted molar refractivity (Wildman–Crippen MR) is 116 cm³/mol. The maximum atomic E-state index is 12.7. The summed E-state index contributed by atoms with van der Waals surface area (Å²) in [6.45, 7) is 4.82. The van der Waals surface area contributed by atoms with Crippen molar-refractivity contribution in [2.75, 3.05) is 13.2 Å². The second-order valence-corrected chi connectivity index (χ2v) is 8.12. The van der Waals surface area contributed by atoms with E-state index in [1.165, 1.54) is 11.3 Å². The Hall–Kier alpha value is -2.36. The van der Waals surface area contributed by atoms with Crippen LogP contribution in [-0.2, 0) is 4.79 Å². The van der Waals surface area contributed by atoms with E-state index in [-0.39, 0.29) is 16.1 Å². The van der Waals surface area contributed by atoms with Crippen LogP contribution < -0.4 is 14.9 Å². The molecule has 2 aromatic rings. The molecular formula is C19H18N2O4S3. The van der Waals surface area contributed by atoms with Crippen molar-refractivity contribution in [1.82, 2.24) is 10.4 Å². The summed E-state index contributed by atoms with van der Waals surface area (Å²) in [6.07, 6.45) is 1.71. The zero-order valence-electron chi connectivity index (χ0n) is 15.3. The largest absolute Gasteiger partial charge is 0.494 e. The summed E-state index contributed by atoms with van der Waals surface area (Å²) in [5.41, 5.74) is 3.30. The number of hydrazine groups is 1. The quantitative estimate of drug-likeness (QED) is 0.523. The van der Waals surface area contributed by atoms with Crippen molar-refractivity contribution in [2.45, 2.75) is 13.8 Å². The number of thiocarbonyl (C=S) groups is 1. The molecule has 0 bridgehead atoms. The van der Waals surface area contributed by atoms with E-state index in [9.17, 15) is 9.59 Å². The van der Waals surface area contributed by atoms with E-state index in [2.05, 4.69) is 5.43 Å². The summed E-state index contributed by atoms with van der Waals surface area (Å²) >= 11 is 7.68. The summed E-state index contributed by atoms with van der Waals surface area (Å²) in [4.78, 5) is 25.9. The van der Waals surface area contributed by atoms with Crippen LogP contribution in [-0.4, -0.2) is 34.4 Å². The minimum Gasteiger partial charge on any atom is -0.494 e. The zero-order valence-corrected chi connectivity index (χ0v) is 17.7. The predicted octanol–water partition coefficient (Wildman–Crippen LogP) is 4.09. The van der Waals surface area contributed by atoms with Gasteiger partial charge in [0.25, 0.3) is 11.8 Å². The molecule has 2 amide bonds. The van der Waals surface area contributed by atoms with Crippen molar-refractivity contribution in [3.63, 3.8) is 0 Å². The molecule has 1 N–H and O–H groups in total. The number of hydrogen-bond acceptors (Lipinski definition) is 7. The van der Waals surface area contributed by atoms with E-state index in [4.69, 9.17) is 21.7 Å². The van der Waals surface area contributed by atoms with E-state index in [0.717, 1.165) is 22.3 Å². The van der Waals surface area contributed by atoms with Crippen molar-refractivity contribution < 1.29 is 19.1 Å². The molecule has 9 heteroatoms. The van der Waals surface area contributed by atoms with Gasteiger partial charge in [0.1, 0.15) is 11.5 Å². The van der Waals surface area contributed by atoms with E-state index >= 15 is 0 Å². The first-order valence-corrected chi connectivity index (χ1v) is 10.7. The van der Waals surface area contributed by atoms with Crippen LogP contribution in [0.25, 0.3) is 6.08 Å². The molecule has 1 aromatic heterocycles. The van der Waals surface area contributed by atoms with Crippen LogP contribution >= 0.6 is 35.3 Å².